The summed E-state index contributed by atoms with van der Waals surface area (Å²) in [6.45, 7) is 9.14. The lowest BCUT2D eigenvalue weighted by atomic mass is 9.94. The van der Waals surface area contributed by atoms with Crippen LogP contribution < -0.4 is 0 Å². The summed E-state index contributed by atoms with van der Waals surface area (Å²) in [5.41, 5.74) is 0.915. The van der Waals surface area contributed by atoms with Crippen LogP contribution in [-0.4, -0.2) is 26.9 Å². The van der Waals surface area contributed by atoms with Gasteiger partial charge in [-0.2, -0.15) is 0 Å². The van der Waals surface area contributed by atoms with Gasteiger partial charge in [0.25, 0.3) is 0 Å². The zero-order chi connectivity index (χ0) is 14.8. The molecule has 2 aromatic rings. The quantitative estimate of drug-likeness (QED) is 0.858. The van der Waals surface area contributed by atoms with E-state index in [4.69, 9.17) is 4.42 Å². The normalized spacial score (nSPS) is 13.7. The van der Waals surface area contributed by atoms with Gasteiger partial charge >= 0.3 is 0 Å². The highest BCUT2D eigenvalue weighted by molar-refractivity contribution is 5.07. The number of aromatic nitrogens is 3. The van der Waals surface area contributed by atoms with Gasteiger partial charge in [0.2, 0.25) is 5.89 Å². The van der Waals surface area contributed by atoms with Crippen molar-refractivity contribution in [3.05, 3.63) is 42.1 Å². The molecule has 20 heavy (non-hydrogen) atoms. The van der Waals surface area contributed by atoms with Crippen molar-refractivity contribution in [3.63, 3.8) is 0 Å². The van der Waals surface area contributed by atoms with Crippen LogP contribution in [0.15, 0.2) is 29.2 Å². The summed E-state index contributed by atoms with van der Waals surface area (Å²) >= 11 is 0. The molecule has 0 spiro atoms. The maximum absolute atomic E-state index is 5.88. The van der Waals surface area contributed by atoms with Crippen LogP contribution in [0.2, 0.25) is 0 Å². The predicted molar refractivity (Wildman–Crippen MR) is 77.1 cm³/mol. The Bertz CT molecular complexity index is 545. The third kappa shape index (κ3) is 3.42. The van der Waals surface area contributed by atoms with Gasteiger partial charge in [-0.1, -0.05) is 20.8 Å². The first-order valence-electron chi connectivity index (χ1n) is 6.79. The molecule has 5 heteroatoms. The molecule has 5 nitrogen and oxygen atoms in total. The highest BCUT2D eigenvalue weighted by Gasteiger charge is 2.23. The Labute approximate surface area is 120 Å². The Morgan fingerprint density at radius 3 is 2.50 bits per heavy atom. The Morgan fingerprint density at radius 1 is 1.20 bits per heavy atom. The lowest BCUT2D eigenvalue weighted by Crippen LogP contribution is -2.22. The average Bonchev–Trinajstić information content (AvgIpc) is 2.88. The predicted octanol–water partition coefficient (Wildman–Crippen LogP) is 2.96. The van der Waals surface area contributed by atoms with E-state index in [1.165, 1.54) is 0 Å². The highest BCUT2D eigenvalue weighted by Crippen LogP contribution is 2.26. The third-order valence-electron chi connectivity index (χ3n) is 3.31. The summed E-state index contributed by atoms with van der Waals surface area (Å²) in [4.78, 5) is 14.9. The monoisotopic (exact) mass is 274 g/mol. The summed E-state index contributed by atoms with van der Waals surface area (Å²) in [7, 11) is 2.03. The summed E-state index contributed by atoms with van der Waals surface area (Å²) in [5, 5.41) is 0. The molecule has 0 saturated heterocycles. The van der Waals surface area contributed by atoms with Gasteiger partial charge in [-0.05, 0) is 14.0 Å². The molecule has 1 unspecified atom stereocenters. The minimum Gasteiger partial charge on any atom is -0.443 e. The van der Waals surface area contributed by atoms with E-state index in [0.717, 1.165) is 17.3 Å². The highest BCUT2D eigenvalue weighted by atomic mass is 16.4. The fourth-order valence-electron chi connectivity index (χ4n) is 1.82. The Balaban J connectivity index is 2.07. The molecule has 2 aromatic heterocycles. The maximum Gasteiger partial charge on any atom is 0.211 e. The number of rotatable bonds is 4. The molecule has 2 rings (SSSR count). The van der Waals surface area contributed by atoms with Gasteiger partial charge in [0.05, 0.1) is 17.9 Å². The molecule has 0 saturated carbocycles. The molecule has 0 bridgehead atoms. The van der Waals surface area contributed by atoms with Crippen LogP contribution in [0.3, 0.4) is 0 Å². The summed E-state index contributed by atoms with van der Waals surface area (Å²) in [5.74, 6) is 1.65. The van der Waals surface area contributed by atoms with Crippen LogP contribution in [-0.2, 0) is 12.0 Å². The lowest BCUT2D eigenvalue weighted by molar-refractivity contribution is 0.207. The van der Waals surface area contributed by atoms with E-state index in [1.807, 2.05) is 13.2 Å². The summed E-state index contributed by atoms with van der Waals surface area (Å²) < 4.78 is 5.88. The smallest absolute Gasteiger partial charge is 0.211 e. The van der Waals surface area contributed by atoms with Crippen LogP contribution in [0.4, 0.5) is 0 Å². The SMILES string of the molecule is CC(c1ncc(C(C)(C)C)o1)N(C)Cc1cnccn1. The van der Waals surface area contributed by atoms with E-state index in [2.05, 4.69) is 47.5 Å². The number of hydrogen-bond donors (Lipinski definition) is 0. The molecule has 0 N–H and O–H groups in total. The molecule has 0 aliphatic heterocycles. The van der Waals surface area contributed by atoms with Gasteiger partial charge in [0.1, 0.15) is 5.76 Å². The first-order valence-corrected chi connectivity index (χ1v) is 6.79. The van der Waals surface area contributed by atoms with E-state index in [9.17, 15) is 0 Å². The van der Waals surface area contributed by atoms with Gasteiger partial charge in [-0.3, -0.25) is 14.9 Å². The molecule has 2 heterocycles. The third-order valence-corrected chi connectivity index (χ3v) is 3.31. The van der Waals surface area contributed by atoms with Crippen LogP contribution in [0, 0.1) is 0 Å². The molecule has 0 fully saturated rings. The molecule has 0 amide bonds. The first kappa shape index (κ1) is 14.7. The van der Waals surface area contributed by atoms with Crippen LogP contribution in [0.5, 0.6) is 0 Å². The molecule has 0 aromatic carbocycles. The fourth-order valence-corrected chi connectivity index (χ4v) is 1.82. The zero-order valence-electron chi connectivity index (χ0n) is 12.8. The Morgan fingerprint density at radius 2 is 1.95 bits per heavy atom. The average molecular weight is 274 g/mol. The topological polar surface area (TPSA) is 55.1 Å². The van der Waals surface area contributed by atoms with Crippen molar-refractivity contribution in [1.29, 1.82) is 0 Å². The van der Waals surface area contributed by atoms with E-state index < -0.39 is 0 Å². The van der Waals surface area contributed by atoms with Crippen molar-refractivity contribution in [2.75, 3.05) is 7.05 Å². The Kier molecular flexibility index (Phi) is 4.18. The molecule has 0 radical (unpaired) electrons. The fraction of sp³-hybridized carbons (Fsp3) is 0.533. The number of hydrogen-bond acceptors (Lipinski definition) is 5. The molecule has 0 aliphatic rings. The second-order valence-corrected chi connectivity index (χ2v) is 6.10. The van der Waals surface area contributed by atoms with Crippen LogP contribution in [0.25, 0.3) is 0 Å². The minimum atomic E-state index is -0.0194. The number of nitrogens with zero attached hydrogens (tertiary/aromatic N) is 4. The van der Waals surface area contributed by atoms with Gasteiger partial charge < -0.3 is 4.42 Å². The second-order valence-electron chi connectivity index (χ2n) is 6.10. The molecule has 1 atom stereocenters. The van der Waals surface area contributed by atoms with Crippen molar-refractivity contribution in [1.82, 2.24) is 19.9 Å². The molecular weight excluding hydrogens is 252 g/mol. The van der Waals surface area contributed by atoms with E-state index >= 15 is 0 Å². The van der Waals surface area contributed by atoms with Crippen molar-refractivity contribution in [3.8, 4) is 0 Å². The van der Waals surface area contributed by atoms with Gasteiger partial charge in [-0.15, -0.1) is 0 Å². The van der Waals surface area contributed by atoms with Gasteiger partial charge in [0, 0.05) is 30.6 Å². The standard InChI is InChI=1S/C15H22N4O/c1-11(14-18-9-13(20-14)15(2,3)4)19(5)10-12-8-16-6-7-17-12/h6-9,11H,10H2,1-5H3. The lowest BCUT2D eigenvalue weighted by Gasteiger charge is -2.21. The molecular formula is C15H22N4O. The van der Waals surface area contributed by atoms with Crippen molar-refractivity contribution < 1.29 is 4.42 Å². The first-order chi connectivity index (χ1) is 9.38. The molecule has 0 aliphatic carbocycles. The van der Waals surface area contributed by atoms with Crippen LogP contribution in [0.1, 0.15) is 51.1 Å². The van der Waals surface area contributed by atoms with E-state index in [0.29, 0.717) is 6.54 Å². The van der Waals surface area contributed by atoms with E-state index in [1.54, 1.807) is 18.6 Å². The van der Waals surface area contributed by atoms with Crippen molar-refractivity contribution in [2.24, 2.45) is 0 Å². The van der Waals surface area contributed by atoms with Gasteiger partial charge in [0.15, 0.2) is 0 Å². The Hall–Kier alpha value is -1.75. The van der Waals surface area contributed by atoms with Crippen molar-refractivity contribution in [2.45, 2.75) is 45.7 Å². The number of oxazole rings is 1. The second kappa shape index (κ2) is 5.71. The summed E-state index contributed by atoms with van der Waals surface area (Å²) in [6.07, 6.45) is 6.98. The maximum atomic E-state index is 5.88. The largest absolute Gasteiger partial charge is 0.443 e. The zero-order valence-corrected chi connectivity index (χ0v) is 12.8. The summed E-state index contributed by atoms with van der Waals surface area (Å²) in [6, 6.07) is 0.0908. The van der Waals surface area contributed by atoms with Crippen LogP contribution >= 0.6 is 0 Å². The van der Waals surface area contributed by atoms with Gasteiger partial charge in [-0.25, -0.2) is 4.98 Å². The van der Waals surface area contributed by atoms with Crippen molar-refractivity contribution >= 4 is 0 Å². The molecule has 108 valence electrons. The minimum absolute atomic E-state index is 0.0194. The van der Waals surface area contributed by atoms with E-state index in [-0.39, 0.29) is 11.5 Å².